The number of ether oxygens (including phenoxy) is 2. The summed E-state index contributed by atoms with van der Waals surface area (Å²) in [6.07, 6.45) is -0.949. The van der Waals surface area contributed by atoms with Crippen molar-refractivity contribution < 1.29 is 24.2 Å². The fraction of sp³-hybridized carbons (Fsp3) is 0.833. The molecule has 1 aliphatic rings. The average molecular weight is 259 g/mol. The minimum Gasteiger partial charge on any atom is -0.460 e. The highest BCUT2D eigenvalue weighted by Gasteiger charge is 2.37. The predicted octanol–water partition coefficient (Wildman–Crippen LogP) is 0.966. The summed E-state index contributed by atoms with van der Waals surface area (Å²) in [7, 11) is 0. The Balaban J connectivity index is 2.53. The zero-order valence-electron chi connectivity index (χ0n) is 11.2. The van der Waals surface area contributed by atoms with Crippen LogP contribution in [0.3, 0.4) is 0 Å². The molecular weight excluding hydrogens is 238 g/mol. The lowest BCUT2D eigenvalue weighted by Crippen LogP contribution is -2.44. The molecule has 0 aromatic rings. The molecule has 1 amide bonds. The van der Waals surface area contributed by atoms with Crippen molar-refractivity contribution in [2.24, 2.45) is 0 Å². The van der Waals surface area contributed by atoms with Gasteiger partial charge in [0.2, 0.25) is 0 Å². The molecule has 1 aliphatic carbocycles. The van der Waals surface area contributed by atoms with Crippen LogP contribution < -0.4 is 5.32 Å². The quantitative estimate of drug-likeness (QED) is 0.722. The molecule has 6 heteroatoms. The minimum absolute atomic E-state index is 0.333. The molecule has 0 radical (unpaired) electrons. The topological polar surface area (TPSA) is 84.9 Å². The number of hydrogen-bond acceptors (Lipinski definition) is 5. The summed E-state index contributed by atoms with van der Waals surface area (Å²) in [5.74, 6) is -0.426. The van der Waals surface area contributed by atoms with Crippen LogP contribution in [0.1, 0.15) is 40.5 Å². The van der Waals surface area contributed by atoms with Crippen molar-refractivity contribution in [2.45, 2.75) is 64.4 Å². The maximum absolute atomic E-state index is 11.6. The van der Waals surface area contributed by atoms with Gasteiger partial charge in [-0.05, 0) is 27.2 Å². The highest BCUT2D eigenvalue weighted by Crippen LogP contribution is 2.23. The van der Waals surface area contributed by atoms with Crippen molar-refractivity contribution in [3.63, 3.8) is 0 Å². The number of carbonyl (C=O) groups excluding carboxylic acids is 2. The third-order valence-corrected chi connectivity index (χ3v) is 2.50. The molecule has 0 unspecified atom stereocenters. The Morgan fingerprint density at radius 2 is 1.89 bits per heavy atom. The second-order valence-corrected chi connectivity index (χ2v) is 5.53. The zero-order valence-corrected chi connectivity index (χ0v) is 11.2. The van der Waals surface area contributed by atoms with Crippen molar-refractivity contribution in [3.8, 4) is 0 Å². The van der Waals surface area contributed by atoms with Gasteiger partial charge in [-0.2, -0.15) is 0 Å². The van der Waals surface area contributed by atoms with Gasteiger partial charge < -0.3 is 19.9 Å². The van der Waals surface area contributed by atoms with Gasteiger partial charge in [0.15, 0.2) is 0 Å². The minimum atomic E-state index is -0.585. The van der Waals surface area contributed by atoms with Gasteiger partial charge in [-0.25, -0.2) is 4.79 Å². The molecule has 0 spiro atoms. The summed E-state index contributed by atoms with van der Waals surface area (Å²) in [6.45, 7) is 6.59. The van der Waals surface area contributed by atoms with E-state index in [0.29, 0.717) is 12.8 Å². The van der Waals surface area contributed by atoms with E-state index in [1.165, 1.54) is 6.92 Å². The Morgan fingerprint density at radius 1 is 1.28 bits per heavy atom. The second-order valence-electron chi connectivity index (χ2n) is 5.53. The molecule has 1 fully saturated rings. The molecule has 0 aliphatic heterocycles. The smallest absolute Gasteiger partial charge is 0.408 e. The van der Waals surface area contributed by atoms with E-state index in [2.05, 4.69) is 5.32 Å². The van der Waals surface area contributed by atoms with E-state index in [1.54, 1.807) is 20.8 Å². The molecular formula is C12H21NO5. The lowest BCUT2D eigenvalue weighted by atomic mass is 10.2. The molecule has 2 N–H and O–H groups in total. The molecule has 0 aromatic carbocycles. The number of aliphatic hydroxyl groups excluding tert-OH is 1. The third-order valence-electron chi connectivity index (χ3n) is 2.50. The van der Waals surface area contributed by atoms with E-state index in [9.17, 15) is 14.7 Å². The van der Waals surface area contributed by atoms with Crippen LogP contribution >= 0.6 is 0 Å². The molecule has 3 atom stereocenters. The first kappa shape index (κ1) is 14.8. The van der Waals surface area contributed by atoms with Crippen molar-refractivity contribution in [1.82, 2.24) is 5.32 Å². The fourth-order valence-corrected chi connectivity index (χ4v) is 1.93. The number of amides is 1. The molecule has 0 bridgehead atoms. The first-order valence-electron chi connectivity index (χ1n) is 6.02. The first-order chi connectivity index (χ1) is 8.17. The summed E-state index contributed by atoms with van der Waals surface area (Å²) in [6, 6.07) is -0.404. The number of esters is 1. The Kier molecular flexibility index (Phi) is 4.56. The van der Waals surface area contributed by atoms with Crippen LogP contribution in [0.2, 0.25) is 0 Å². The molecule has 0 heterocycles. The molecule has 1 saturated carbocycles. The van der Waals surface area contributed by atoms with Crippen molar-refractivity contribution in [1.29, 1.82) is 0 Å². The van der Waals surface area contributed by atoms with Crippen LogP contribution in [0.5, 0.6) is 0 Å². The van der Waals surface area contributed by atoms with Crippen LogP contribution in [-0.2, 0) is 14.3 Å². The van der Waals surface area contributed by atoms with Gasteiger partial charge in [0, 0.05) is 13.3 Å². The van der Waals surface area contributed by atoms with E-state index < -0.39 is 35.9 Å². The molecule has 6 nitrogen and oxygen atoms in total. The zero-order chi connectivity index (χ0) is 13.9. The summed E-state index contributed by atoms with van der Waals surface area (Å²) in [4.78, 5) is 22.5. The molecule has 0 saturated heterocycles. The van der Waals surface area contributed by atoms with E-state index >= 15 is 0 Å². The molecule has 104 valence electrons. The molecule has 0 aromatic heterocycles. The van der Waals surface area contributed by atoms with Gasteiger partial charge in [-0.15, -0.1) is 0 Å². The second kappa shape index (κ2) is 5.56. The Morgan fingerprint density at radius 3 is 2.39 bits per heavy atom. The Labute approximate surface area is 107 Å². The SMILES string of the molecule is CC(=O)O[C@@H]1C[C@@H](O)C[C@H]1NC(=O)OC(C)(C)C. The van der Waals surface area contributed by atoms with E-state index in [4.69, 9.17) is 9.47 Å². The van der Waals surface area contributed by atoms with Gasteiger partial charge in [0.05, 0.1) is 12.1 Å². The highest BCUT2D eigenvalue weighted by molar-refractivity contribution is 5.69. The number of hydrogen-bond donors (Lipinski definition) is 2. The Bertz CT molecular complexity index is 323. The van der Waals surface area contributed by atoms with E-state index in [0.717, 1.165) is 0 Å². The van der Waals surface area contributed by atoms with Crippen LogP contribution in [0, 0.1) is 0 Å². The van der Waals surface area contributed by atoms with Gasteiger partial charge >= 0.3 is 12.1 Å². The summed E-state index contributed by atoms with van der Waals surface area (Å²) >= 11 is 0. The van der Waals surface area contributed by atoms with Crippen molar-refractivity contribution in [3.05, 3.63) is 0 Å². The number of rotatable bonds is 2. The largest absolute Gasteiger partial charge is 0.460 e. The van der Waals surface area contributed by atoms with Crippen LogP contribution in [0.25, 0.3) is 0 Å². The van der Waals surface area contributed by atoms with Gasteiger partial charge in [-0.3, -0.25) is 4.79 Å². The Hall–Kier alpha value is -1.30. The normalized spacial score (nSPS) is 27.7. The average Bonchev–Trinajstić information content (AvgIpc) is 2.41. The number of nitrogens with one attached hydrogen (secondary N) is 1. The third kappa shape index (κ3) is 4.91. The predicted molar refractivity (Wildman–Crippen MR) is 64.0 cm³/mol. The fourth-order valence-electron chi connectivity index (χ4n) is 1.93. The summed E-state index contributed by atoms with van der Waals surface area (Å²) in [5.41, 5.74) is -0.585. The first-order valence-corrected chi connectivity index (χ1v) is 6.02. The summed E-state index contributed by atoms with van der Waals surface area (Å²) in [5, 5.41) is 12.2. The van der Waals surface area contributed by atoms with E-state index in [1.807, 2.05) is 0 Å². The lowest BCUT2D eigenvalue weighted by Gasteiger charge is -2.24. The van der Waals surface area contributed by atoms with Crippen LogP contribution in [0.4, 0.5) is 4.79 Å². The number of carbonyl (C=O) groups is 2. The molecule has 1 rings (SSSR count). The van der Waals surface area contributed by atoms with E-state index in [-0.39, 0.29) is 0 Å². The maximum Gasteiger partial charge on any atom is 0.408 e. The van der Waals surface area contributed by atoms with Crippen LogP contribution in [-0.4, -0.2) is 41.0 Å². The number of aliphatic hydroxyl groups is 1. The maximum atomic E-state index is 11.6. The van der Waals surface area contributed by atoms with Crippen molar-refractivity contribution >= 4 is 12.1 Å². The highest BCUT2D eigenvalue weighted by atomic mass is 16.6. The van der Waals surface area contributed by atoms with Gasteiger partial charge in [0.1, 0.15) is 11.7 Å². The van der Waals surface area contributed by atoms with Gasteiger partial charge in [-0.1, -0.05) is 0 Å². The lowest BCUT2D eigenvalue weighted by molar-refractivity contribution is -0.147. The number of alkyl carbamates (subject to hydrolysis) is 1. The summed E-state index contributed by atoms with van der Waals surface area (Å²) < 4.78 is 10.2. The van der Waals surface area contributed by atoms with Crippen molar-refractivity contribution in [2.75, 3.05) is 0 Å². The van der Waals surface area contributed by atoms with Gasteiger partial charge in [0.25, 0.3) is 0 Å². The molecule has 18 heavy (non-hydrogen) atoms. The standard InChI is InChI=1S/C12H21NO5/c1-7(14)17-10-6-8(15)5-9(10)13-11(16)18-12(2,3)4/h8-10,15H,5-6H2,1-4H3,(H,13,16)/t8-,9+,10+/m0/s1. The van der Waals surface area contributed by atoms with Crippen LogP contribution in [0.15, 0.2) is 0 Å². The monoisotopic (exact) mass is 259 g/mol.